The van der Waals surface area contributed by atoms with Crippen molar-refractivity contribution in [2.45, 2.75) is 12.2 Å². The Morgan fingerprint density at radius 1 is 1.13 bits per heavy atom. The van der Waals surface area contributed by atoms with E-state index in [0.717, 1.165) is 28.5 Å². The minimum atomic E-state index is 0.0525. The summed E-state index contributed by atoms with van der Waals surface area (Å²) in [4.78, 5) is 11.7. The molecule has 0 unspecified atom stereocenters. The van der Waals surface area contributed by atoms with Crippen LogP contribution in [0.1, 0.15) is 12.0 Å². The standard InChI is InChI=1S/C18H20ClNO2S/c19-16-7-4-6-15(12-16)13-23-14-18(21)20-10-5-11-22-17-8-2-1-3-9-17/h1-4,6-9,12H,5,10-11,13-14H2,(H,20,21). The number of ether oxygens (including phenoxy) is 1. The predicted octanol–water partition coefficient (Wildman–Crippen LogP) is 4.16. The lowest BCUT2D eigenvalue weighted by molar-refractivity contribution is -0.118. The summed E-state index contributed by atoms with van der Waals surface area (Å²) >= 11 is 7.51. The van der Waals surface area contributed by atoms with Gasteiger partial charge in [0.1, 0.15) is 5.75 Å². The number of thioether (sulfide) groups is 1. The van der Waals surface area contributed by atoms with Crippen molar-refractivity contribution >= 4 is 29.3 Å². The molecule has 0 aliphatic heterocycles. The minimum Gasteiger partial charge on any atom is -0.494 e. The molecule has 1 amide bonds. The maximum Gasteiger partial charge on any atom is 0.230 e. The molecule has 0 spiro atoms. The third-order valence-electron chi connectivity index (χ3n) is 3.05. The highest BCUT2D eigenvalue weighted by Gasteiger charge is 2.02. The highest BCUT2D eigenvalue weighted by atomic mass is 35.5. The smallest absolute Gasteiger partial charge is 0.230 e. The quantitative estimate of drug-likeness (QED) is 0.691. The van der Waals surface area contributed by atoms with Crippen LogP contribution in [0.5, 0.6) is 5.75 Å². The number of nitrogens with one attached hydrogen (secondary N) is 1. The fourth-order valence-corrected chi connectivity index (χ4v) is 2.96. The number of halogens is 1. The molecule has 0 saturated carbocycles. The van der Waals surface area contributed by atoms with E-state index >= 15 is 0 Å². The third-order valence-corrected chi connectivity index (χ3v) is 4.28. The van der Waals surface area contributed by atoms with Crippen LogP contribution in [0, 0.1) is 0 Å². The Morgan fingerprint density at radius 3 is 2.74 bits per heavy atom. The van der Waals surface area contributed by atoms with Crippen LogP contribution in [0.15, 0.2) is 54.6 Å². The molecular formula is C18H20ClNO2S. The molecular weight excluding hydrogens is 330 g/mol. The van der Waals surface area contributed by atoms with Crippen LogP contribution in [0.4, 0.5) is 0 Å². The number of hydrogen-bond donors (Lipinski definition) is 1. The number of para-hydroxylation sites is 1. The Labute approximate surface area is 146 Å². The average molecular weight is 350 g/mol. The lowest BCUT2D eigenvalue weighted by Crippen LogP contribution is -2.27. The van der Waals surface area contributed by atoms with Crippen LogP contribution in [-0.2, 0) is 10.5 Å². The summed E-state index contributed by atoms with van der Waals surface area (Å²) in [5.74, 6) is 2.14. The number of rotatable bonds is 9. The fourth-order valence-electron chi connectivity index (χ4n) is 1.95. The fraction of sp³-hybridized carbons (Fsp3) is 0.278. The number of benzene rings is 2. The van der Waals surface area contributed by atoms with Gasteiger partial charge in [-0.3, -0.25) is 4.79 Å². The normalized spacial score (nSPS) is 10.3. The largest absolute Gasteiger partial charge is 0.494 e. The zero-order chi connectivity index (χ0) is 16.3. The topological polar surface area (TPSA) is 38.3 Å². The Bertz CT molecular complexity index is 607. The number of carbonyl (C=O) groups is 1. The molecule has 2 aromatic carbocycles. The molecule has 0 bridgehead atoms. The average Bonchev–Trinajstić information content (AvgIpc) is 2.55. The van der Waals surface area contributed by atoms with Crippen LogP contribution >= 0.6 is 23.4 Å². The van der Waals surface area contributed by atoms with Gasteiger partial charge < -0.3 is 10.1 Å². The van der Waals surface area contributed by atoms with E-state index < -0.39 is 0 Å². The van der Waals surface area contributed by atoms with Gasteiger partial charge in [-0.25, -0.2) is 0 Å². The summed E-state index contributed by atoms with van der Waals surface area (Å²) in [6.07, 6.45) is 0.791. The summed E-state index contributed by atoms with van der Waals surface area (Å²) in [6, 6.07) is 17.4. The zero-order valence-corrected chi connectivity index (χ0v) is 14.4. The van der Waals surface area contributed by atoms with E-state index in [1.54, 1.807) is 11.8 Å². The van der Waals surface area contributed by atoms with Gasteiger partial charge in [-0.1, -0.05) is 41.9 Å². The van der Waals surface area contributed by atoms with E-state index in [9.17, 15) is 4.79 Å². The molecule has 2 rings (SSSR count). The Morgan fingerprint density at radius 2 is 1.96 bits per heavy atom. The van der Waals surface area contributed by atoms with Crippen molar-refractivity contribution < 1.29 is 9.53 Å². The second-order valence-corrected chi connectivity index (χ2v) is 6.41. The first kappa shape index (κ1) is 17.7. The van der Waals surface area contributed by atoms with Crippen molar-refractivity contribution in [3.8, 4) is 5.75 Å². The molecule has 122 valence electrons. The molecule has 3 nitrogen and oxygen atoms in total. The molecule has 0 radical (unpaired) electrons. The first-order chi connectivity index (χ1) is 11.2. The van der Waals surface area contributed by atoms with Crippen molar-refractivity contribution in [1.29, 1.82) is 0 Å². The Kier molecular flexibility index (Phi) is 7.84. The van der Waals surface area contributed by atoms with Crippen molar-refractivity contribution in [3.63, 3.8) is 0 Å². The minimum absolute atomic E-state index is 0.0525. The number of carbonyl (C=O) groups excluding carboxylic acids is 1. The molecule has 23 heavy (non-hydrogen) atoms. The van der Waals surface area contributed by atoms with Gasteiger partial charge in [0, 0.05) is 17.3 Å². The molecule has 2 aromatic rings. The van der Waals surface area contributed by atoms with Crippen LogP contribution in [0.3, 0.4) is 0 Å². The highest BCUT2D eigenvalue weighted by Crippen LogP contribution is 2.16. The van der Waals surface area contributed by atoms with Crippen LogP contribution in [0.2, 0.25) is 5.02 Å². The van der Waals surface area contributed by atoms with Crippen molar-refractivity contribution in [2.75, 3.05) is 18.9 Å². The first-order valence-electron chi connectivity index (χ1n) is 7.51. The van der Waals surface area contributed by atoms with Gasteiger partial charge in [-0.15, -0.1) is 11.8 Å². The van der Waals surface area contributed by atoms with E-state index in [2.05, 4.69) is 5.32 Å². The molecule has 0 aliphatic rings. The lowest BCUT2D eigenvalue weighted by atomic mass is 10.2. The van der Waals surface area contributed by atoms with Gasteiger partial charge in [0.15, 0.2) is 0 Å². The monoisotopic (exact) mass is 349 g/mol. The van der Waals surface area contributed by atoms with E-state index in [4.69, 9.17) is 16.3 Å². The molecule has 0 aliphatic carbocycles. The van der Waals surface area contributed by atoms with Crippen LogP contribution in [-0.4, -0.2) is 24.8 Å². The van der Waals surface area contributed by atoms with Gasteiger partial charge in [-0.2, -0.15) is 0 Å². The summed E-state index contributed by atoms with van der Waals surface area (Å²) in [5.41, 5.74) is 1.13. The zero-order valence-electron chi connectivity index (χ0n) is 12.8. The predicted molar refractivity (Wildman–Crippen MR) is 97.2 cm³/mol. The van der Waals surface area contributed by atoms with Gasteiger partial charge >= 0.3 is 0 Å². The molecule has 0 heterocycles. The maximum absolute atomic E-state index is 11.7. The maximum atomic E-state index is 11.7. The molecule has 0 atom stereocenters. The molecule has 5 heteroatoms. The second kappa shape index (κ2) is 10.2. The molecule has 1 N–H and O–H groups in total. The third kappa shape index (κ3) is 7.44. The van der Waals surface area contributed by atoms with Gasteiger partial charge in [-0.05, 0) is 36.2 Å². The van der Waals surface area contributed by atoms with Crippen LogP contribution < -0.4 is 10.1 Å². The van der Waals surface area contributed by atoms with Gasteiger partial charge in [0.2, 0.25) is 5.91 Å². The molecule has 0 aromatic heterocycles. The summed E-state index contributed by atoms with van der Waals surface area (Å²) in [6.45, 7) is 1.23. The van der Waals surface area contributed by atoms with E-state index in [1.165, 1.54) is 0 Å². The highest BCUT2D eigenvalue weighted by molar-refractivity contribution is 7.99. The van der Waals surface area contributed by atoms with Crippen LogP contribution in [0.25, 0.3) is 0 Å². The molecule has 0 fully saturated rings. The van der Waals surface area contributed by atoms with E-state index in [-0.39, 0.29) is 5.91 Å². The summed E-state index contributed by atoms with van der Waals surface area (Å²) < 4.78 is 5.57. The van der Waals surface area contributed by atoms with Crippen molar-refractivity contribution in [2.24, 2.45) is 0 Å². The summed E-state index contributed by atoms with van der Waals surface area (Å²) in [7, 11) is 0. The number of hydrogen-bond acceptors (Lipinski definition) is 3. The van der Waals surface area contributed by atoms with E-state index in [1.807, 2.05) is 54.6 Å². The molecule has 0 saturated heterocycles. The Balaban J connectivity index is 1.52. The number of amides is 1. The lowest BCUT2D eigenvalue weighted by Gasteiger charge is -2.07. The first-order valence-corrected chi connectivity index (χ1v) is 9.04. The van der Waals surface area contributed by atoms with E-state index in [0.29, 0.717) is 18.9 Å². The second-order valence-electron chi connectivity index (χ2n) is 4.99. The Hall–Kier alpha value is -1.65. The van der Waals surface area contributed by atoms with Crippen molar-refractivity contribution in [3.05, 3.63) is 65.2 Å². The summed E-state index contributed by atoms with van der Waals surface area (Å²) in [5, 5.41) is 3.63. The van der Waals surface area contributed by atoms with Crippen molar-refractivity contribution in [1.82, 2.24) is 5.32 Å². The SMILES string of the molecule is O=C(CSCc1cccc(Cl)c1)NCCCOc1ccccc1. The van der Waals surface area contributed by atoms with Gasteiger partial charge in [0.25, 0.3) is 0 Å². The van der Waals surface area contributed by atoms with Gasteiger partial charge in [0.05, 0.1) is 12.4 Å².